The van der Waals surface area contributed by atoms with Crippen molar-refractivity contribution in [3.8, 4) is 0 Å². The summed E-state index contributed by atoms with van der Waals surface area (Å²) in [7, 11) is 0. The van der Waals surface area contributed by atoms with Crippen molar-refractivity contribution in [1.82, 2.24) is 0 Å². The fourth-order valence-corrected chi connectivity index (χ4v) is 7.32. The normalized spacial score (nSPS) is 62.0. The number of rotatable bonds is 0. The van der Waals surface area contributed by atoms with Gasteiger partial charge in [-0.1, -0.05) is 6.92 Å². The largest absolute Gasteiger partial charge is 0.393 e. The number of fused-ring (bicyclic) bond motifs is 5. The number of hydrogen-bond acceptors (Lipinski definition) is 2. The van der Waals surface area contributed by atoms with Crippen LogP contribution in [0.15, 0.2) is 0 Å². The van der Waals surface area contributed by atoms with E-state index in [-0.39, 0.29) is 6.10 Å². The van der Waals surface area contributed by atoms with Crippen LogP contribution >= 0.6 is 0 Å². The van der Waals surface area contributed by atoms with E-state index in [1.165, 1.54) is 44.9 Å². The summed E-state index contributed by atoms with van der Waals surface area (Å²) in [5.74, 6) is 4.64. The third kappa shape index (κ3) is 1.72. The second kappa shape index (κ2) is 4.26. The average molecular weight is 290 g/mol. The number of ether oxygens (including phenoxy) is 1. The van der Waals surface area contributed by atoms with Crippen molar-refractivity contribution in [3.63, 3.8) is 0 Å². The van der Waals surface area contributed by atoms with Crippen LogP contribution in [0.2, 0.25) is 0 Å². The van der Waals surface area contributed by atoms with E-state index in [1.54, 1.807) is 0 Å². The summed E-state index contributed by atoms with van der Waals surface area (Å²) in [6.45, 7) is 3.61. The molecule has 1 aliphatic heterocycles. The van der Waals surface area contributed by atoms with E-state index in [0.29, 0.717) is 11.0 Å². The highest BCUT2D eigenvalue weighted by atomic mass is 16.6. The predicted molar refractivity (Wildman–Crippen MR) is 81.8 cm³/mol. The minimum Gasteiger partial charge on any atom is -0.393 e. The summed E-state index contributed by atoms with van der Waals surface area (Å²) < 4.78 is 6.00. The molecule has 21 heavy (non-hydrogen) atoms. The highest BCUT2D eigenvalue weighted by molar-refractivity contribution is 5.16. The summed E-state index contributed by atoms with van der Waals surface area (Å²) in [5.41, 5.74) is 0.803. The average Bonchev–Trinajstić information content (AvgIpc) is 3.20. The highest BCUT2D eigenvalue weighted by Crippen LogP contribution is 2.68. The van der Waals surface area contributed by atoms with Crippen molar-refractivity contribution in [1.29, 1.82) is 0 Å². The molecule has 0 amide bonds. The summed E-state index contributed by atoms with van der Waals surface area (Å²) in [4.78, 5) is 0. The van der Waals surface area contributed by atoms with Crippen LogP contribution in [0.5, 0.6) is 0 Å². The molecule has 2 nitrogen and oxygen atoms in total. The Morgan fingerprint density at radius 2 is 1.76 bits per heavy atom. The molecule has 0 aromatic carbocycles. The Balaban J connectivity index is 1.40. The van der Waals surface area contributed by atoms with E-state index < -0.39 is 0 Å². The molecule has 5 fully saturated rings. The van der Waals surface area contributed by atoms with Gasteiger partial charge in [0.15, 0.2) is 0 Å². The second-order valence-corrected chi connectivity index (χ2v) is 9.27. The third-order valence-corrected chi connectivity index (χ3v) is 8.65. The minimum absolute atomic E-state index is 0.00581. The van der Waals surface area contributed by atoms with Gasteiger partial charge in [0, 0.05) is 5.41 Å². The Hall–Kier alpha value is -0.0800. The molecule has 5 aliphatic rings. The maximum atomic E-state index is 10.00. The van der Waals surface area contributed by atoms with Gasteiger partial charge >= 0.3 is 0 Å². The zero-order valence-electron chi connectivity index (χ0n) is 13.4. The van der Waals surface area contributed by atoms with Gasteiger partial charge in [-0.3, -0.25) is 0 Å². The van der Waals surface area contributed by atoms with Crippen molar-refractivity contribution >= 4 is 0 Å². The lowest BCUT2D eigenvalue weighted by molar-refractivity contribution is -0.0719. The molecule has 5 rings (SSSR count). The fraction of sp³-hybridized carbons (Fsp3) is 1.00. The lowest BCUT2D eigenvalue weighted by Crippen LogP contribution is -2.49. The first-order valence-electron chi connectivity index (χ1n) is 9.43. The monoisotopic (exact) mass is 290 g/mol. The van der Waals surface area contributed by atoms with E-state index >= 15 is 0 Å². The quantitative estimate of drug-likeness (QED) is 0.689. The molecule has 8 atom stereocenters. The Morgan fingerprint density at radius 3 is 2.57 bits per heavy atom. The van der Waals surface area contributed by atoms with Crippen molar-refractivity contribution in [2.45, 2.75) is 76.4 Å². The molecule has 3 unspecified atom stereocenters. The van der Waals surface area contributed by atoms with Crippen molar-refractivity contribution in [2.75, 3.05) is 6.61 Å². The Kier molecular flexibility index (Phi) is 2.71. The smallest absolute Gasteiger partial charge is 0.0972 e. The number of aliphatic hydroxyl groups is 1. The van der Waals surface area contributed by atoms with Crippen LogP contribution in [-0.2, 0) is 4.74 Å². The van der Waals surface area contributed by atoms with Crippen LogP contribution in [-0.4, -0.2) is 23.4 Å². The number of aliphatic hydroxyl groups excluding tert-OH is 1. The fourth-order valence-electron chi connectivity index (χ4n) is 7.32. The van der Waals surface area contributed by atoms with Gasteiger partial charge in [0.25, 0.3) is 0 Å². The topological polar surface area (TPSA) is 32.8 Å². The molecule has 118 valence electrons. The SMILES string of the molecule is C[C@@]12C[C@@H]3CC[C@@H]4CC(O)CC[C@@H]4C3CC1CC[C@]21CO1. The van der Waals surface area contributed by atoms with Crippen LogP contribution in [0.3, 0.4) is 0 Å². The molecule has 2 heteroatoms. The molecule has 1 N–H and O–H groups in total. The molecule has 0 bridgehead atoms. The maximum absolute atomic E-state index is 10.00. The minimum atomic E-state index is 0.00581. The van der Waals surface area contributed by atoms with Gasteiger partial charge in [0.05, 0.1) is 18.3 Å². The second-order valence-electron chi connectivity index (χ2n) is 9.27. The molecule has 1 heterocycles. The van der Waals surface area contributed by atoms with Crippen LogP contribution in [0, 0.1) is 35.0 Å². The van der Waals surface area contributed by atoms with E-state index in [0.717, 1.165) is 49.0 Å². The molecule has 0 radical (unpaired) electrons. The molecule has 4 aliphatic carbocycles. The molecule has 0 aromatic heterocycles. The van der Waals surface area contributed by atoms with E-state index in [2.05, 4.69) is 6.92 Å². The lowest BCUT2D eigenvalue weighted by atomic mass is 9.50. The summed E-state index contributed by atoms with van der Waals surface area (Å²) in [6.07, 6.45) is 12.0. The van der Waals surface area contributed by atoms with Gasteiger partial charge in [0.2, 0.25) is 0 Å². The summed E-state index contributed by atoms with van der Waals surface area (Å²) in [5, 5.41) is 10.00. The van der Waals surface area contributed by atoms with E-state index in [4.69, 9.17) is 4.74 Å². The van der Waals surface area contributed by atoms with Crippen molar-refractivity contribution < 1.29 is 9.84 Å². The van der Waals surface area contributed by atoms with Gasteiger partial charge < -0.3 is 9.84 Å². The van der Waals surface area contributed by atoms with Gasteiger partial charge in [-0.05, 0) is 87.4 Å². The zero-order valence-corrected chi connectivity index (χ0v) is 13.4. The first kappa shape index (κ1) is 13.4. The van der Waals surface area contributed by atoms with E-state index in [9.17, 15) is 5.11 Å². The molecular weight excluding hydrogens is 260 g/mol. The highest BCUT2D eigenvalue weighted by Gasteiger charge is 2.68. The lowest BCUT2D eigenvalue weighted by Gasteiger charge is -2.55. The van der Waals surface area contributed by atoms with Gasteiger partial charge in [-0.2, -0.15) is 0 Å². The summed E-state index contributed by atoms with van der Waals surface area (Å²) in [6, 6.07) is 0. The number of epoxide rings is 1. The van der Waals surface area contributed by atoms with Gasteiger partial charge in [-0.25, -0.2) is 0 Å². The molecule has 1 spiro atoms. The first-order valence-corrected chi connectivity index (χ1v) is 9.43. The van der Waals surface area contributed by atoms with Crippen molar-refractivity contribution in [2.24, 2.45) is 35.0 Å². The third-order valence-electron chi connectivity index (χ3n) is 8.65. The van der Waals surface area contributed by atoms with E-state index in [1.807, 2.05) is 0 Å². The molecular formula is C19H30O2. The van der Waals surface area contributed by atoms with Gasteiger partial charge in [0.1, 0.15) is 0 Å². The Labute approximate surface area is 128 Å². The van der Waals surface area contributed by atoms with Crippen molar-refractivity contribution in [3.05, 3.63) is 0 Å². The van der Waals surface area contributed by atoms with Crippen LogP contribution in [0.1, 0.15) is 64.7 Å². The zero-order chi connectivity index (χ0) is 14.2. The first-order chi connectivity index (χ1) is 10.1. The van der Waals surface area contributed by atoms with Crippen LogP contribution in [0.25, 0.3) is 0 Å². The number of hydrogen-bond donors (Lipinski definition) is 1. The predicted octanol–water partition coefficient (Wildman–Crippen LogP) is 3.77. The Bertz CT molecular complexity index is 443. The van der Waals surface area contributed by atoms with Gasteiger partial charge in [-0.15, -0.1) is 0 Å². The standard InChI is InChI=1S/C19H30O2/c1-18-10-13-3-2-12-8-15(20)4-5-16(12)17(13)9-14(18)6-7-19(18)11-21-19/h12-17,20H,2-11H2,1H3/t12-,13+,14?,15?,16+,17?,18-,19+/m1/s1. The Morgan fingerprint density at radius 1 is 0.952 bits per heavy atom. The molecule has 4 saturated carbocycles. The molecule has 0 aromatic rings. The van der Waals surface area contributed by atoms with Crippen LogP contribution in [0.4, 0.5) is 0 Å². The maximum Gasteiger partial charge on any atom is 0.0972 e. The molecule has 1 saturated heterocycles. The van der Waals surface area contributed by atoms with Crippen LogP contribution < -0.4 is 0 Å². The summed E-state index contributed by atoms with van der Waals surface area (Å²) >= 11 is 0.